The molecule has 72 valence electrons. The van der Waals surface area contributed by atoms with Gasteiger partial charge in [0.25, 0.3) is 0 Å². The van der Waals surface area contributed by atoms with Crippen LogP contribution in [0.5, 0.6) is 0 Å². The van der Waals surface area contributed by atoms with E-state index in [1.807, 2.05) is 0 Å². The van der Waals surface area contributed by atoms with Crippen LogP contribution in [-0.4, -0.2) is 13.6 Å². The minimum atomic E-state index is -3.41. The van der Waals surface area contributed by atoms with E-state index >= 15 is 0 Å². The van der Waals surface area contributed by atoms with Gasteiger partial charge >= 0.3 is 0 Å². The first-order valence-corrected chi connectivity index (χ1v) is 5.87. The molecule has 0 saturated carbocycles. The van der Waals surface area contributed by atoms with E-state index in [-0.39, 0.29) is 9.92 Å². The standard InChI is InChI=1S/C7H7Cl2NO2S/c8-4-13(11,12)5-1-2-7(10)6(9)3-5/h1-3H,4,10H2. The lowest BCUT2D eigenvalue weighted by atomic mass is 10.3. The lowest BCUT2D eigenvalue weighted by Crippen LogP contribution is -2.02. The Bertz CT molecular complexity index is 417. The van der Waals surface area contributed by atoms with Gasteiger partial charge in [-0.15, -0.1) is 11.6 Å². The van der Waals surface area contributed by atoms with Crippen molar-refractivity contribution in [3.8, 4) is 0 Å². The van der Waals surface area contributed by atoms with Crippen molar-refractivity contribution < 1.29 is 8.42 Å². The van der Waals surface area contributed by atoms with E-state index in [0.717, 1.165) is 0 Å². The Hall–Kier alpha value is -0.450. The first-order chi connectivity index (χ1) is 5.97. The van der Waals surface area contributed by atoms with Crippen LogP contribution in [0.15, 0.2) is 23.1 Å². The lowest BCUT2D eigenvalue weighted by molar-refractivity contribution is 0.600. The number of benzene rings is 1. The summed E-state index contributed by atoms with van der Waals surface area (Å²) >= 11 is 10.9. The molecule has 0 aliphatic rings. The predicted molar refractivity (Wildman–Crippen MR) is 53.8 cm³/mol. The van der Waals surface area contributed by atoms with Gasteiger partial charge in [0, 0.05) is 0 Å². The van der Waals surface area contributed by atoms with Crippen molar-refractivity contribution in [3.05, 3.63) is 23.2 Å². The summed E-state index contributed by atoms with van der Waals surface area (Å²) in [5.41, 5.74) is 5.76. The first-order valence-electron chi connectivity index (χ1n) is 3.31. The first kappa shape index (κ1) is 10.6. The zero-order valence-electron chi connectivity index (χ0n) is 6.50. The molecule has 0 aromatic heterocycles. The van der Waals surface area contributed by atoms with Crippen LogP contribution in [-0.2, 0) is 9.84 Å². The molecule has 0 heterocycles. The smallest absolute Gasteiger partial charge is 0.192 e. The Labute approximate surface area is 86.4 Å². The van der Waals surface area contributed by atoms with Crippen LogP contribution >= 0.6 is 23.2 Å². The van der Waals surface area contributed by atoms with Gasteiger partial charge in [-0.3, -0.25) is 0 Å². The number of hydrogen-bond acceptors (Lipinski definition) is 3. The van der Waals surface area contributed by atoms with Crippen LogP contribution in [0, 0.1) is 0 Å². The maximum Gasteiger partial charge on any atom is 0.192 e. The van der Waals surface area contributed by atoms with Crippen LogP contribution in [0.1, 0.15) is 0 Å². The number of nitrogens with two attached hydrogens (primary N) is 1. The monoisotopic (exact) mass is 239 g/mol. The summed E-state index contributed by atoms with van der Waals surface area (Å²) in [6.45, 7) is 0. The van der Waals surface area contributed by atoms with Crippen molar-refractivity contribution in [3.63, 3.8) is 0 Å². The van der Waals surface area contributed by atoms with E-state index in [1.54, 1.807) is 0 Å². The quantitative estimate of drug-likeness (QED) is 0.634. The van der Waals surface area contributed by atoms with Gasteiger partial charge in [-0.05, 0) is 18.2 Å². The fourth-order valence-corrected chi connectivity index (χ4v) is 2.09. The van der Waals surface area contributed by atoms with E-state index in [4.69, 9.17) is 28.9 Å². The van der Waals surface area contributed by atoms with E-state index in [1.165, 1.54) is 18.2 Å². The maximum atomic E-state index is 11.2. The summed E-state index contributed by atoms with van der Waals surface area (Å²) in [6, 6.07) is 4.09. The molecule has 3 nitrogen and oxygen atoms in total. The number of hydrogen-bond donors (Lipinski definition) is 1. The summed E-state index contributed by atoms with van der Waals surface area (Å²) in [7, 11) is -3.41. The Morgan fingerprint density at radius 3 is 2.46 bits per heavy atom. The fraction of sp³-hybridized carbons (Fsp3) is 0.143. The molecule has 0 fully saturated rings. The zero-order chi connectivity index (χ0) is 10.1. The van der Waals surface area contributed by atoms with E-state index in [2.05, 4.69) is 0 Å². The SMILES string of the molecule is Nc1ccc(S(=O)(=O)CCl)cc1Cl. The summed E-state index contributed by atoms with van der Waals surface area (Å²) in [4.78, 5) is 0.0849. The van der Waals surface area contributed by atoms with Crippen LogP contribution in [0.25, 0.3) is 0 Å². The van der Waals surface area contributed by atoms with Crippen molar-refractivity contribution in [2.24, 2.45) is 0 Å². The number of anilines is 1. The highest BCUT2D eigenvalue weighted by Crippen LogP contribution is 2.23. The third-order valence-corrected chi connectivity index (χ3v) is 3.92. The molecule has 0 amide bonds. The van der Waals surface area contributed by atoms with Gasteiger partial charge in [-0.25, -0.2) is 8.42 Å². The van der Waals surface area contributed by atoms with Crippen LogP contribution in [0.2, 0.25) is 5.02 Å². The topological polar surface area (TPSA) is 60.2 Å². The molecule has 0 unspecified atom stereocenters. The molecule has 2 N–H and O–H groups in total. The average Bonchev–Trinajstić information content (AvgIpc) is 2.09. The van der Waals surface area contributed by atoms with Crippen LogP contribution in [0.4, 0.5) is 5.69 Å². The predicted octanol–water partition coefficient (Wildman–Crippen LogP) is 1.89. The molecule has 0 atom stereocenters. The summed E-state index contributed by atoms with van der Waals surface area (Å²) in [6.07, 6.45) is 0. The Kier molecular flexibility index (Phi) is 3.05. The molecule has 0 radical (unpaired) electrons. The molecule has 13 heavy (non-hydrogen) atoms. The second-order valence-electron chi connectivity index (χ2n) is 2.41. The maximum absolute atomic E-state index is 11.2. The normalized spacial score (nSPS) is 11.5. The van der Waals surface area contributed by atoms with Crippen molar-refractivity contribution in [2.45, 2.75) is 4.90 Å². The molecule has 0 bridgehead atoms. The van der Waals surface area contributed by atoms with Gasteiger partial charge in [0.05, 0.1) is 15.6 Å². The van der Waals surface area contributed by atoms with Gasteiger partial charge in [-0.1, -0.05) is 11.6 Å². The number of sulfone groups is 1. The van der Waals surface area contributed by atoms with Crippen molar-refractivity contribution in [1.82, 2.24) is 0 Å². The number of rotatable bonds is 2. The Morgan fingerprint density at radius 2 is 2.00 bits per heavy atom. The molecule has 0 spiro atoms. The highest BCUT2D eigenvalue weighted by molar-refractivity contribution is 7.92. The highest BCUT2D eigenvalue weighted by atomic mass is 35.5. The van der Waals surface area contributed by atoms with Gasteiger partial charge in [-0.2, -0.15) is 0 Å². The van der Waals surface area contributed by atoms with Gasteiger partial charge in [0.15, 0.2) is 9.84 Å². The molecule has 6 heteroatoms. The van der Waals surface area contributed by atoms with Gasteiger partial charge in [0.2, 0.25) is 0 Å². The van der Waals surface area contributed by atoms with Crippen LogP contribution < -0.4 is 5.73 Å². The van der Waals surface area contributed by atoms with E-state index in [0.29, 0.717) is 5.69 Å². The van der Waals surface area contributed by atoms with E-state index in [9.17, 15) is 8.42 Å². The second-order valence-corrected chi connectivity index (χ2v) is 5.39. The fourth-order valence-electron chi connectivity index (χ4n) is 0.764. The Balaban J connectivity index is 3.27. The van der Waals surface area contributed by atoms with Crippen molar-refractivity contribution in [1.29, 1.82) is 0 Å². The third kappa shape index (κ3) is 2.27. The number of alkyl halides is 1. The highest BCUT2D eigenvalue weighted by Gasteiger charge is 2.13. The molecule has 1 aromatic rings. The number of nitrogen functional groups attached to an aromatic ring is 1. The average molecular weight is 240 g/mol. The van der Waals surface area contributed by atoms with Crippen molar-refractivity contribution >= 4 is 38.7 Å². The second kappa shape index (κ2) is 3.74. The minimum Gasteiger partial charge on any atom is -0.398 e. The lowest BCUT2D eigenvalue weighted by Gasteiger charge is -2.02. The van der Waals surface area contributed by atoms with Gasteiger partial charge in [0.1, 0.15) is 5.21 Å². The molecule has 1 rings (SSSR count). The third-order valence-electron chi connectivity index (χ3n) is 1.47. The molecule has 0 saturated heterocycles. The minimum absolute atomic E-state index is 0.0849. The summed E-state index contributed by atoms with van der Waals surface area (Å²) in [5.74, 6) is 0. The van der Waals surface area contributed by atoms with Crippen LogP contribution in [0.3, 0.4) is 0 Å². The molecule has 0 aliphatic carbocycles. The molecular formula is C7H7Cl2NO2S. The van der Waals surface area contributed by atoms with E-state index < -0.39 is 15.0 Å². The molecular weight excluding hydrogens is 233 g/mol. The van der Waals surface area contributed by atoms with Gasteiger partial charge < -0.3 is 5.73 Å². The largest absolute Gasteiger partial charge is 0.398 e. The van der Waals surface area contributed by atoms with Crippen molar-refractivity contribution in [2.75, 3.05) is 10.9 Å². The summed E-state index contributed by atoms with van der Waals surface area (Å²) in [5, 5.41) is -0.251. The molecule has 1 aromatic carbocycles. The number of halogens is 2. The zero-order valence-corrected chi connectivity index (χ0v) is 8.83. The summed E-state index contributed by atoms with van der Waals surface area (Å²) < 4.78 is 22.5. The molecule has 0 aliphatic heterocycles. The Morgan fingerprint density at radius 1 is 1.38 bits per heavy atom.